The van der Waals surface area contributed by atoms with Crippen LogP contribution >= 0.6 is 0 Å². The van der Waals surface area contributed by atoms with Crippen LogP contribution in [0.4, 0.5) is 0 Å². The highest BCUT2D eigenvalue weighted by atomic mass is 16.8. The zero-order valence-electron chi connectivity index (χ0n) is 35.1. The highest BCUT2D eigenvalue weighted by molar-refractivity contribution is 5.74. The molecule has 376 valence electrons. The molecule has 5 aliphatic rings. The van der Waals surface area contributed by atoms with Gasteiger partial charge in [-0.1, -0.05) is 0 Å². The summed E-state index contributed by atoms with van der Waals surface area (Å²) < 4.78 is 51.7. The van der Waals surface area contributed by atoms with E-state index in [0.717, 1.165) is 20.8 Å². The van der Waals surface area contributed by atoms with Gasteiger partial charge in [0.25, 0.3) is 0 Å². The van der Waals surface area contributed by atoms with Crippen molar-refractivity contribution in [2.45, 2.75) is 174 Å². The minimum Gasteiger partial charge on any atom is -0.394 e. The Labute approximate surface area is 369 Å². The average Bonchev–Trinajstić information content (AvgIpc) is 3.26. The molecule has 5 aliphatic heterocycles. The number of aliphatic hydroxyl groups is 14. The van der Waals surface area contributed by atoms with E-state index in [2.05, 4.69) is 16.0 Å². The molecule has 0 aromatic carbocycles. The minimum absolute atomic E-state index is 0.690. The summed E-state index contributed by atoms with van der Waals surface area (Å²) in [7, 11) is 0. The highest BCUT2D eigenvalue weighted by Crippen LogP contribution is 2.36. The summed E-state index contributed by atoms with van der Waals surface area (Å²) >= 11 is 0. The van der Waals surface area contributed by atoms with Gasteiger partial charge in [-0.25, -0.2) is 0 Å². The van der Waals surface area contributed by atoms with Gasteiger partial charge in [0.1, 0.15) is 122 Å². The van der Waals surface area contributed by atoms with Gasteiger partial charge in [0.05, 0.1) is 33.0 Å². The van der Waals surface area contributed by atoms with Crippen LogP contribution in [0, 0.1) is 0 Å². The lowest BCUT2D eigenvalue weighted by Crippen LogP contribution is -2.70. The summed E-state index contributed by atoms with van der Waals surface area (Å²) in [5, 5.41) is 157. The fraction of sp³-hybridized carbons (Fsp3) is 0.917. The molecule has 0 bridgehead atoms. The molecule has 5 fully saturated rings. The quantitative estimate of drug-likeness (QED) is 0.0683. The summed E-state index contributed by atoms with van der Waals surface area (Å²) in [4.78, 5) is 36.3. The molecule has 65 heavy (non-hydrogen) atoms. The van der Waals surface area contributed by atoms with Crippen LogP contribution in [0.3, 0.4) is 0 Å². The maximum atomic E-state index is 12.4. The van der Waals surface area contributed by atoms with Gasteiger partial charge in [-0.2, -0.15) is 0 Å². The molecule has 0 aromatic rings. The van der Waals surface area contributed by atoms with Gasteiger partial charge in [-0.05, 0) is 0 Å². The van der Waals surface area contributed by atoms with Crippen molar-refractivity contribution in [1.29, 1.82) is 0 Å². The van der Waals surface area contributed by atoms with Crippen molar-refractivity contribution in [3.05, 3.63) is 0 Å². The average molecular weight is 952 g/mol. The standard InChI is InChI=1S/C36H61N3O26/c1-9(45)37-17-24(52)28(15(7-43)57-32(17)56)62-34-19(39-11(3)47)25(53)29(16(8-44)61-34)63-35-27(55)30(22(50)14(6-42)59-35)64-36-31(26(54)21(49)13(5-41)60-36)65-33-18(38-10(2)46)23(51)20(48)12(4-40)58-33/h12-36,40-44,48-56H,4-8H2,1-3H3,(H,37,45)(H,38,46)(H,39,47)/t12-,13-,14-,15-,16-,17-,18-,19-,20-,21-,22-,23-,24-,25-,26+,27+,28-,29-,30+,31+,32-,33+,34+,35-,36+/m1/s1. The Morgan fingerprint density at radius 2 is 0.723 bits per heavy atom. The van der Waals surface area contributed by atoms with Crippen LogP contribution in [0.25, 0.3) is 0 Å². The first-order valence-corrected chi connectivity index (χ1v) is 20.6. The van der Waals surface area contributed by atoms with Crippen molar-refractivity contribution >= 4 is 17.7 Å². The minimum atomic E-state index is -2.20. The maximum absolute atomic E-state index is 12.4. The zero-order chi connectivity index (χ0) is 48.2. The molecular weight excluding hydrogens is 890 g/mol. The SMILES string of the molecule is CC(=O)N[C@@H]1[C@@H](O)[C@H](O[C@@H]2O[C@H](CO)[C@@H](O[C@H]3O[C@H](CO)[C@@H](O)[C@H](O[C@@H]4O[C@H](CO)[C@@H](O)[C@H](O)[C@@H]4O[C@@H]4O[C@H](CO)[C@@H](O)[C@H](O)[C@H]4NC(C)=O)[C@@H]3O)[C@H](O)[C@H]2NC(C)=O)[C@@H](CO)O[C@H]1O. The number of ether oxygens (including phenoxy) is 9. The van der Waals surface area contributed by atoms with Gasteiger partial charge >= 0.3 is 0 Å². The fourth-order valence-corrected chi connectivity index (χ4v) is 8.22. The summed E-state index contributed by atoms with van der Waals surface area (Å²) in [5.41, 5.74) is 0. The van der Waals surface area contributed by atoms with E-state index in [1.807, 2.05) is 0 Å². The van der Waals surface area contributed by atoms with E-state index in [9.17, 15) is 85.9 Å². The Morgan fingerprint density at radius 3 is 1.23 bits per heavy atom. The Hall–Kier alpha value is -2.51. The van der Waals surface area contributed by atoms with E-state index in [0.29, 0.717) is 0 Å². The van der Waals surface area contributed by atoms with Crippen LogP contribution in [0.1, 0.15) is 20.8 Å². The van der Waals surface area contributed by atoms with Crippen LogP contribution in [0.15, 0.2) is 0 Å². The number of amides is 3. The first-order chi connectivity index (χ1) is 30.7. The van der Waals surface area contributed by atoms with Crippen molar-refractivity contribution in [3.63, 3.8) is 0 Å². The first kappa shape index (κ1) is 53.4. The molecule has 0 saturated carbocycles. The third-order valence-electron chi connectivity index (χ3n) is 11.5. The lowest BCUT2D eigenvalue weighted by Gasteiger charge is -2.50. The van der Waals surface area contributed by atoms with E-state index < -0.39 is 204 Å². The molecule has 0 aromatic heterocycles. The second-order valence-electron chi connectivity index (χ2n) is 16.2. The second kappa shape index (κ2) is 23.2. The zero-order valence-corrected chi connectivity index (χ0v) is 35.1. The Bertz CT molecular complexity index is 1560. The topological polar surface area (TPSA) is 454 Å². The highest BCUT2D eigenvalue weighted by Gasteiger charge is 2.57. The molecule has 5 heterocycles. The third kappa shape index (κ3) is 11.9. The number of aliphatic hydroxyl groups excluding tert-OH is 14. The number of nitrogens with one attached hydrogen (secondary N) is 3. The van der Waals surface area contributed by atoms with E-state index >= 15 is 0 Å². The Kier molecular flexibility index (Phi) is 19.1. The van der Waals surface area contributed by atoms with Gasteiger partial charge in [0.15, 0.2) is 31.5 Å². The van der Waals surface area contributed by atoms with Crippen LogP contribution in [0.5, 0.6) is 0 Å². The Balaban J connectivity index is 1.40. The fourth-order valence-electron chi connectivity index (χ4n) is 8.22. The molecule has 0 radical (unpaired) electrons. The summed E-state index contributed by atoms with van der Waals surface area (Å²) in [6.07, 6.45) is -40.6. The number of carbonyl (C=O) groups is 3. The first-order valence-electron chi connectivity index (χ1n) is 20.6. The maximum Gasteiger partial charge on any atom is 0.217 e. The van der Waals surface area contributed by atoms with Gasteiger partial charge in [0.2, 0.25) is 17.7 Å². The molecule has 25 atom stereocenters. The summed E-state index contributed by atoms with van der Waals surface area (Å²) in [6.45, 7) is -1.50. The number of hydrogen-bond donors (Lipinski definition) is 17. The predicted octanol–water partition coefficient (Wildman–Crippen LogP) is -11.5. The van der Waals surface area contributed by atoms with Crippen LogP contribution in [-0.2, 0) is 57.0 Å². The van der Waals surface area contributed by atoms with Gasteiger partial charge in [-0.3, -0.25) is 14.4 Å². The van der Waals surface area contributed by atoms with E-state index in [-0.39, 0.29) is 0 Å². The number of carbonyl (C=O) groups excluding carboxylic acids is 3. The summed E-state index contributed by atoms with van der Waals surface area (Å²) in [5.74, 6) is -2.23. The number of hydrogen-bond acceptors (Lipinski definition) is 26. The third-order valence-corrected chi connectivity index (χ3v) is 11.5. The van der Waals surface area contributed by atoms with Crippen molar-refractivity contribution < 1.29 is 129 Å². The molecule has 29 nitrogen and oxygen atoms in total. The van der Waals surface area contributed by atoms with Gasteiger partial charge in [-0.15, -0.1) is 0 Å². The molecule has 3 amide bonds. The molecule has 5 saturated heterocycles. The van der Waals surface area contributed by atoms with Crippen LogP contribution < -0.4 is 16.0 Å². The molecule has 17 N–H and O–H groups in total. The molecular formula is C36H61N3O26. The Morgan fingerprint density at radius 1 is 0.369 bits per heavy atom. The number of rotatable bonds is 16. The smallest absolute Gasteiger partial charge is 0.217 e. The van der Waals surface area contributed by atoms with Crippen LogP contribution in [-0.4, -0.2) is 276 Å². The summed E-state index contributed by atoms with van der Waals surface area (Å²) in [6, 6.07) is -4.77. The molecule has 5 rings (SSSR count). The van der Waals surface area contributed by atoms with E-state index in [1.54, 1.807) is 0 Å². The van der Waals surface area contributed by atoms with Crippen molar-refractivity contribution in [2.24, 2.45) is 0 Å². The lowest BCUT2D eigenvalue weighted by molar-refractivity contribution is -0.391. The van der Waals surface area contributed by atoms with Crippen molar-refractivity contribution in [3.8, 4) is 0 Å². The van der Waals surface area contributed by atoms with E-state index in [4.69, 9.17) is 42.6 Å². The van der Waals surface area contributed by atoms with E-state index in [1.165, 1.54) is 0 Å². The molecule has 0 aliphatic carbocycles. The molecule has 0 unspecified atom stereocenters. The molecule has 0 spiro atoms. The normalized spacial score (nSPS) is 47.1. The van der Waals surface area contributed by atoms with Crippen molar-refractivity contribution in [2.75, 3.05) is 33.0 Å². The monoisotopic (exact) mass is 951 g/mol. The largest absolute Gasteiger partial charge is 0.394 e. The van der Waals surface area contributed by atoms with Gasteiger partial charge in [0, 0.05) is 20.8 Å². The van der Waals surface area contributed by atoms with Gasteiger partial charge < -0.3 is 130 Å². The molecule has 29 heteroatoms. The van der Waals surface area contributed by atoms with Crippen LogP contribution in [0.2, 0.25) is 0 Å². The second-order valence-corrected chi connectivity index (χ2v) is 16.2. The predicted molar refractivity (Wildman–Crippen MR) is 201 cm³/mol. The lowest BCUT2D eigenvalue weighted by atomic mass is 9.94. The van der Waals surface area contributed by atoms with Crippen molar-refractivity contribution in [1.82, 2.24) is 16.0 Å².